The smallest absolute Gasteiger partial charge is 0.237 e. The van der Waals surface area contributed by atoms with Gasteiger partial charge in [0, 0.05) is 13.5 Å². The molecule has 1 aromatic heterocycles. The Morgan fingerprint density at radius 3 is 3.00 bits per heavy atom. The fourth-order valence-electron chi connectivity index (χ4n) is 1.10. The first-order chi connectivity index (χ1) is 7.63. The molecule has 0 aromatic carbocycles. The summed E-state index contributed by atoms with van der Waals surface area (Å²) in [5, 5.41) is 2.65. The SMILES string of the molecule is COc1nc(C=CCNC(C)=O)ccc1N. The van der Waals surface area contributed by atoms with Crippen LogP contribution in [0, 0.1) is 0 Å². The number of carbonyl (C=O) groups excluding carboxylic acids is 1. The molecule has 0 spiro atoms. The van der Waals surface area contributed by atoms with E-state index in [1.807, 2.05) is 0 Å². The number of carbonyl (C=O) groups is 1. The molecule has 16 heavy (non-hydrogen) atoms. The van der Waals surface area contributed by atoms with Gasteiger partial charge in [-0.15, -0.1) is 0 Å². The van der Waals surface area contributed by atoms with Crippen LogP contribution in [-0.2, 0) is 4.79 Å². The lowest BCUT2D eigenvalue weighted by Crippen LogP contribution is -2.19. The third-order valence-electron chi connectivity index (χ3n) is 1.86. The average Bonchev–Trinajstić information content (AvgIpc) is 2.26. The molecular formula is C11H15N3O2. The van der Waals surface area contributed by atoms with E-state index in [0.29, 0.717) is 18.1 Å². The normalized spacial score (nSPS) is 10.4. The number of hydrogen-bond donors (Lipinski definition) is 2. The Kier molecular flexibility index (Phi) is 4.32. The second kappa shape index (κ2) is 5.75. The summed E-state index contributed by atoms with van der Waals surface area (Å²) in [5.74, 6) is 0.342. The Morgan fingerprint density at radius 1 is 1.62 bits per heavy atom. The summed E-state index contributed by atoms with van der Waals surface area (Å²) in [4.78, 5) is 14.8. The van der Waals surface area contributed by atoms with E-state index >= 15 is 0 Å². The van der Waals surface area contributed by atoms with Gasteiger partial charge < -0.3 is 15.8 Å². The van der Waals surface area contributed by atoms with E-state index in [1.165, 1.54) is 14.0 Å². The summed E-state index contributed by atoms with van der Waals surface area (Å²) >= 11 is 0. The van der Waals surface area contributed by atoms with E-state index in [-0.39, 0.29) is 5.91 Å². The van der Waals surface area contributed by atoms with Gasteiger partial charge in [0.05, 0.1) is 18.5 Å². The van der Waals surface area contributed by atoms with Crippen molar-refractivity contribution in [1.29, 1.82) is 0 Å². The first-order valence-electron chi connectivity index (χ1n) is 4.85. The highest BCUT2D eigenvalue weighted by atomic mass is 16.5. The molecule has 0 saturated carbocycles. The average molecular weight is 221 g/mol. The number of nitrogens with zero attached hydrogens (tertiary/aromatic N) is 1. The molecule has 5 heteroatoms. The standard InChI is InChI=1S/C11H15N3O2/c1-8(15)13-7-3-4-9-5-6-10(12)11(14-9)16-2/h3-6H,7,12H2,1-2H3,(H,13,15). The van der Waals surface area contributed by atoms with Crippen LogP contribution < -0.4 is 15.8 Å². The van der Waals surface area contributed by atoms with Gasteiger partial charge >= 0.3 is 0 Å². The van der Waals surface area contributed by atoms with Gasteiger partial charge in [-0.25, -0.2) is 4.98 Å². The molecule has 0 fully saturated rings. The van der Waals surface area contributed by atoms with Crippen molar-refractivity contribution in [2.45, 2.75) is 6.92 Å². The topological polar surface area (TPSA) is 77.2 Å². The molecule has 0 bridgehead atoms. The molecule has 0 atom stereocenters. The Hall–Kier alpha value is -2.04. The van der Waals surface area contributed by atoms with Crippen molar-refractivity contribution in [2.75, 3.05) is 19.4 Å². The molecule has 86 valence electrons. The summed E-state index contributed by atoms with van der Waals surface area (Å²) in [6.45, 7) is 1.95. The number of nitrogens with one attached hydrogen (secondary N) is 1. The van der Waals surface area contributed by atoms with E-state index < -0.39 is 0 Å². The number of amides is 1. The number of aromatic nitrogens is 1. The van der Waals surface area contributed by atoms with E-state index in [1.54, 1.807) is 24.3 Å². The van der Waals surface area contributed by atoms with Crippen LogP contribution in [0.5, 0.6) is 5.88 Å². The summed E-state index contributed by atoms with van der Waals surface area (Å²) in [6, 6.07) is 3.51. The zero-order valence-electron chi connectivity index (χ0n) is 9.36. The van der Waals surface area contributed by atoms with E-state index in [0.717, 1.165) is 5.69 Å². The second-order valence-electron chi connectivity index (χ2n) is 3.17. The molecule has 0 unspecified atom stereocenters. The van der Waals surface area contributed by atoms with Crippen molar-refractivity contribution in [2.24, 2.45) is 0 Å². The van der Waals surface area contributed by atoms with Crippen molar-refractivity contribution >= 4 is 17.7 Å². The van der Waals surface area contributed by atoms with Crippen LogP contribution >= 0.6 is 0 Å². The minimum atomic E-state index is -0.0625. The van der Waals surface area contributed by atoms with E-state index in [4.69, 9.17) is 10.5 Å². The fourth-order valence-corrected chi connectivity index (χ4v) is 1.10. The number of hydrogen-bond acceptors (Lipinski definition) is 4. The van der Waals surface area contributed by atoms with E-state index in [2.05, 4.69) is 10.3 Å². The van der Waals surface area contributed by atoms with Crippen LogP contribution in [0.3, 0.4) is 0 Å². The van der Waals surface area contributed by atoms with Crippen molar-refractivity contribution in [1.82, 2.24) is 10.3 Å². The van der Waals surface area contributed by atoms with Crippen LogP contribution in [0.1, 0.15) is 12.6 Å². The number of rotatable bonds is 4. The van der Waals surface area contributed by atoms with Gasteiger partial charge in [0.25, 0.3) is 0 Å². The molecule has 1 heterocycles. The van der Waals surface area contributed by atoms with Gasteiger partial charge in [-0.1, -0.05) is 6.08 Å². The second-order valence-corrected chi connectivity index (χ2v) is 3.17. The number of nitrogen functional groups attached to an aromatic ring is 1. The molecule has 1 rings (SSSR count). The monoisotopic (exact) mass is 221 g/mol. The van der Waals surface area contributed by atoms with Gasteiger partial charge in [-0.3, -0.25) is 4.79 Å². The maximum Gasteiger partial charge on any atom is 0.237 e. The molecule has 0 aliphatic rings. The Morgan fingerprint density at radius 2 is 2.38 bits per heavy atom. The molecule has 1 aromatic rings. The molecule has 1 amide bonds. The highest BCUT2D eigenvalue weighted by Gasteiger charge is 1.99. The third-order valence-corrected chi connectivity index (χ3v) is 1.86. The number of nitrogens with two attached hydrogens (primary N) is 1. The summed E-state index contributed by atoms with van der Waals surface area (Å²) < 4.78 is 4.99. The first-order valence-corrected chi connectivity index (χ1v) is 4.85. The zero-order chi connectivity index (χ0) is 12.0. The predicted octanol–water partition coefficient (Wildman–Crippen LogP) is 0.822. The van der Waals surface area contributed by atoms with Gasteiger partial charge in [0.2, 0.25) is 11.8 Å². The van der Waals surface area contributed by atoms with Crippen LogP contribution in [0.2, 0.25) is 0 Å². The van der Waals surface area contributed by atoms with Gasteiger partial charge in [-0.05, 0) is 18.2 Å². The molecule has 0 aliphatic carbocycles. The highest BCUT2D eigenvalue weighted by molar-refractivity contribution is 5.73. The number of methoxy groups -OCH3 is 1. The molecule has 5 nitrogen and oxygen atoms in total. The fraction of sp³-hybridized carbons (Fsp3) is 0.273. The van der Waals surface area contributed by atoms with Crippen molar-refractivity contribution in [3.8, 4) is 5.88 Å². The lowest BCUT2D eigenvalue weighted by atomic mass is 10.3. The maximum atomic E-state index is 10.6. The Labute approximate surface area is 94.3 Å². The lowest BCUT2D eigenvalue weighted by Gasteiger charge is -2.03. The third kappa shape index (κ3) is 3.61. The minimum Gasteiger partial charge on any atom is -0.480 e. The molecule has 0 aliphatic heterocycles. The van der Waals surface area contributed by atoms with Gasteiger partial charge in [-0.2, -0.15) is 0 Å². The molecular weight excluding hydrogens is 206 g/mol. The lowest BCUT2D eigenvalue weighted by molar-refractivity contribution is -0.118. The van der Waals surface area contributed by atoms with Crippen LogP contribution in [0.4, 0.5) is 5.69 Å². The quantitative estimate of drug-likeness (QED) is 0.789. The number of anilines is 1. The Balaban J connectivity index is 2.63. The van der Waals surface area contributed by atoms with Crippen molar-refractivity contribution in [3.05, 3.63) is 23.9 Å². The van der Waals surface area contributed by atoms with Crippen LogP contribution in [0.15, 0.2) is 18.2 Å². The Bertz CT molecular complexity index is 402. The van der Waals surface area contributed by atoms with Crippen molar-refractivity contribution < 1.29 is 9.53 Å². The molecule has 0 radical (unpaired) electrons. The van der Waals surface area contributed by atoms with Crippen LogP contribution in [-0.4, -0.2) is 24.5 Å². The first kappa shape index (κ1) is 12.0. The maximum absolute atomic E-state index is 10.6. The van der Waals surface area contributed by atoms with Gasteiger partial charge in [0.1, 0.15) is 0 Å². The summed E-state index contributed by atoms with van der Waals surface area (Å²) in [5.41, 5.74) is 6.86. The predicted molar refractivity (Wildman–Crippen MR) is 62.9 cm³/mol. The largest absolute Gasteiger partial charge is 0.480 e. The summed E-state index contributed by atoms with van der Waals surface area (Å²) in [7, 11) is 1.52. The minimum absolute atomic E-state index is 0.0625. The van der Waals surface area contributed by atoms with Crippen LogP contribution in [0.25, 0.3) is 6.08 Å². The van der Waals surface area contributed by atoms with E-state index in [9.17, 15) is 4.79 Å². The zero-order valence-corrected chi connectivity index (χ0v) is 9.36. The van der Waals surface area contributed by atoms with Crippen molar-refractivity contribution in [3.63, 3.8) is 0 Å². The highest BCUT2D eigenvalue weighted by Crippen LogP contribution is 2.17. The molecule has 0 saturated heterocycles. The number of ether oxygens (including phenoxy) is 1. The summed E-state index contributed by atoms with van der Waals surface area (Å²) in [6.07, 6.45) is 3.59. The molecule has 3 N–H and O–H groups in total. The van der Waals surface area contributed by atoms with Gasteiger partial charge in [0.15, 0.2) is 0 Å². The number of pyridine rings is 1.